The van der Waals surface area contributed by atoms with Crippen LogP contribution < -0.4 is 0 Å². The number of hydrogen-bond acceptors (Lipinski definition) is 1. The molecule has 1 aliphatic rings. The second-order valence-electron chi connectivity index (χ2n) is 3.99. The lowest BCUT2D eigenvalue weighted by Gasteiger charge is -2.29. The smallest absolute Gasteiger partial charge is 0.319 e. The summed E-state index contributed by atoms with van der Waals surface area (Å²) in [5, 5.41) is 0. The summed E-state index contributed by atoms with van der Waals surface area (Å²) in [5.74, 6) is 0.749. The zero-order valence-corrected chi connectivity index (χ0v) is 9.08. The van der Waals surface area contributed by atoms with E-state index in [1.165, 1.54) is 12.8 Å². The lowest BCUT2D eigenvalue weighted by atomic mass is 10.2. The van der Waals surface area contributed by atoms with Gasteiger partial charge in [0.15, 0.2) is 0 Å². The molecule has 0 aromatic rings. The number of amides is 2. The largest absolute Gasteiger partial charge is 0.328 e. The first kappa shape index (κ1) is 10.4. The lowest BCUT2D eigenvalue weighted by molar-refractivity contribution is 0.156. The highest BCUT2D eigenvalue weighted by atomic mass is 16.2. The van der Waals surface area contributed by atoms with Crippen molar-refractivity contribution in [2.45, 2.75) is 32.7 Å². The van der Waals surface area contributed by atoms with Crippen LogP contribution in [-0.2, 0) is 0 Å². The molecule has 0 saturated heterocycles. The zero-order chi connectivity index (χ0) is 10.0. The predicted molar refractivity (Wildman–Crippen MR) is 53.6 cm³/mol. The van der Waals surface area contributed by atoms with Gasteiger partial charge in [-0.25, -0.2) is 4.79 Å². The molecular formula is C10H20N2O. The second-order valence-corrected chi connectivity index (χ2v) is 3.99. The minimum atomic E-state index is 0.141. The third-order valence-electron chi connectivity index (χ3n) is 3.02. The van der Waals surface area contributed by atoms with E-state index in [2.05, 4.69) is 6.92 Å². The summed E-state index contributed by atoms with van der Waals surface area (Å²) >= 11 is 0. The van der Waals surface area contributed by atoms with E-state index in [4.69, 9.17) is 0 Å². The summed E-state index contributed by atoms with van der Waals surface area (Å²) in [5.41, 5.74) is 0. The maximum atomic E-state index is 11.7. The van der Waals surface area contributed by atoms with Gasteiger partial charge in [0, 0.05) is 26.7 Å². The van der Waals surface area contributed by atoms with Crippen LogP contribution in [0.5, 0.6) is 0 Å². The van der Waals surface area contributed by atoms with E-state index in [-0.39, 0.29) is 6.03 Å². The molecule has 3 nitrogen and oxygen atoms in total. The van der Waals surface area contributed by atoms with Crippen LogP contribution in [0.3, 0.4) is 0 Å². The van der Waals surface area contributed by atoms with Gasteiger partial charge in [0.2, 0.25) is 0 Å². The molecule has 0 aromatic heterocycles. The first-order chi connectivity index (χ1) is 6.07. The molecule has 0 radical (unpaired) electrons. The average Bonchev–Trinajstić information content (AvgIpc) is 2.96. The predicted octanol–water partition coefficient (Wildman–Crippen LogP) is 1.79. The first-order valence-electron chi connectivity index (χ1n) is 5.05. The van der Waals surface area contributed by atoms with E-state index in [1.54, 1.807) is 4.90 Å². The molecule has 1 fully saturated rings. The number of carbonyl (C=O) groups excluding carboxylic acids is 1. The van der Waals surface area contributed by atoms with Crippen molar-refractivity contribution in [3.05, 3.63) is 0 Å². The highest BCUT2D eigenvalue weighted by molar-refractivity contribution is 5.74. The summed E-state index contributed by atoms with van der Waals surface area (Å²) in [7, 11) is 3.75. The van der Waals surface area contributed by atoms with Crippen LogP contribution in [-0.4, -0.2) is 42.5 Å². The van der Waals surface area contributed by atoms with Crippen LogP contribution in [0.25, 0.3) is 0 Å². The van der Waals surface area contributed by atoms with Gasteiger partial charge in [-0.3, -0.25) is 0 Å². The van der Waals surface area contributed by atoms with E-state index in [1.807, 2.05) is 25.9 Å². The molecule has 0 aromatic carbocycles. The van der Waals surface area contributed by atoms with E-state index < -0.39 is 0 Å². The van der Waals surface area contributed by atoms with Crippen molar-refractivity contribution in [3.8, 4) is 0 Å². The van der Waals surface area contributed by atoms with E-state index >= 15 is 0 Å². The van der Waals surface area contributed by atoms with Crippen LogP contribution in [0.1, 0.15) is 26.7 Å². The Morgan fingerprint density at radius 1 is 1.46 bits per heavy atom. The number of urea groups is 1. The molecule has 0 aliphatic heterocycles. The number of rotatable bonds is 3. The Hall–Kier alpha value is -0.730. The summed E-state index contributed by atoms with van der Waals surface area (Å²) < 4.78 is 0. The Kier molecular flexibility index (Phi) is 3.17. The molecule has 0 bridgehead atoms. The van der Waals surface area contributed by atoms with E-state index in [9.17, 15) is 4.79 Å². The van der Waals surface area contributed by atoms with Crippen molar-refractivity contribution in [2.24, 2.45) is 5.92 Å². The normalized spacial score (nSPS) is 18.2. The van der Waals surface area contributed by atoms with Gasteiger partial charge in [-0.1, -0.05) is 0 Å². The van der Waals surface area contributed by atoms with Gasteiger partial charge in [0.1, 0.15) is 0 Å². The van der Waals surface area contributed by atoms with Gasteiger partial charge in [-0.05, 0) is 32.6 Å². The Labute approximate surface area is 80.7 Å². The minimum absolute atomic E-state index is 0.141. The van der Waals surface area contributed by atoms with Gasteiger partial charge in [0.05, 0.1) is 0 Å². The Morgan fingerprint density at radius 3 is 2.38 bits per heavy atom. The second kappa shape index (κ2) is 3.99. The lowest BCUT2D eigenvalue weighted by Crippen LogP contribution is -2.44. The highest BCUT2D eigenvalue weighted by Gasteiger charge is 2.32. The van der Waals surface area contributed by atoms with Crippen LogP contribution in [0.15, 0.2) is 0 Å². The molecule has 1 atom stereocenters. The SMILES string of the molecule is CCN(C)C(=O)N(C)C(C)C1CC1. The summed E-state index contributed by atoms with van der Waals surface area (Å²) in [6, 6.07) is 0.545. The maximum Gasteiger partial charge on any atom is 0.319 e. The Bertz CT molecular complexity index is 189. The number of carbonyl (C=O) groups is 1. The topological polar surface area (TPSA) is 23.6 Å². The van der Waals surface area contributed by atoms with Gasteiger partial charge in [-0.15, -0.1) is 0 Å². The summed E-state index contributed by atoms with van der Waals surface area (Å²) in [6.07, 6.45) is 2.57. The molecule has 0 spiro atoms. The fourth-order valence-corrected chi connectivity index (χ4v) is 1.47. The summed E-state index contributed by atoms with van der Waals surface area (Å²) in [4.78, 5) is 15.3. The van der Waals surface area contributed by atoms with Gasteiger partial charge >= 0.3 is 6.03 Å². The molecule has 1 saturated carbocycles. The van der Waals surface area contributed by atoms with Crippen molar-refractivity contribution in [1.29, 1.82) is 0 Å². The van der Waals surface area contributed by atoms with Crippen LogP contribution in [0.4, 0.5) is 4.79 Å². The molecular weight excluding hydrogens is 164 g/mol. The van der Waals surface area contributed by atoms with Gasteiger partial charge < -0.3 is 9.80 Å². The monoisotopic (exact) mass is 184 g/mol. The Balaban J connectivity index is 2.44. The number of nitrogens with zero attached hydrogens (tertiary/aromatic N) is 2. The fourth-order valence-electron chi connectivity index (χ4n) is 1.47. The van der Waals surface area contributed by atoms with Crippen molar-refractivity contribution in [3.63, 3.8) is 0 Å². The summed E-state index contributed by atoms with van der Waals surface area (Å²) in [6.45, 7) is 4.91. The van der Waals surface area contributed by atoms with Crippen molar-refractivity contribution < 1.29 is 4.79 Å². The zero-order valence-electron chi connectivity index (χ0n) is 9.08. The van der Waals surface area contributed by atoms with Crippen LogP contribution in [0.2, 0.25) is 0 Å². The van der Waals surface area contributed by atoms with Crippen LogP contribution >= 0.6 is 0 Å². The van der Waals surface area contributed by atoms with Crippen molar-refractivity contribution in [1.82, 2.24) is 9.80 Å². The molecule has 0 heterocycles. The molecule has 13 heavy (non-hydrogen) atoms. The molecule has 0 N–H and O–H groups in total. The fraction of sp³-hybridized carbons (Fsp3) is 0.900. The van der Waals surface area contributed by atoms with E-state index in [0.717, 1.165) is 12.5 Å². The number of hydrogen-bond donors (Lipinski definition) is 0. The third-order valence-corrected chi connectivity index (χ3v) is 3.02. The van der Waals surface area contributed by atoms with Crippen LogP contribution in [0, 0.1) is 5.92 Å². The minimum Gasteiger partial charge on any atom is -0.328 e. The third kappa shape index (κ3) is 2.36. The van der Waals surface area contributed by atoms with Gasteiger partial charge in [-0.2, -0.15) is 0 Å². The molecule has 76 valence electrons. The molecule has 3 heteroatoms. The molecule has 2 amide bonds. The standard InChI is InChI=1S/C10H20N2O/c1-5-11(3)10(13)12(4)8(2)9-6-7-9/h8-9H,5-7H2,1-4H3. The molecule has 1 unspecified atom stereocenters. The van der Waals surface area contributed by atoms with E-state index in [0.29, 0.717) is 6.04 Å². The average molecular weight is 184 g/mol. The molecule has 1 aliphatic carbocycles. The quantitative estimate of drug-likeness (QED) is 0.656. The maximum absolute atomic E-state index is 11.7. The van der Waals surface area contributed by atoms with Gasteiger partial charge in [0.25, 0.3) is 0 Å². The highest BCUT2D eigenvalue weighted by Crippen LogP contribution is 2.34. The Morgan fingerprint density at radius 2 is 2.00 bits per heavy atom. The van der Waals surface area contributed by atoms with Crippen molar-refractivity contribution in [2.75, 3.05) is 20.6 Å². The molecule has 1 rings (SSSR count). The van der Waals surface area contributed by atoms with Crippen molar-refractivity contribution >= 4 is 6.03 Å². The first-order valence-corrected chi connectivity index (χ1v) is 5.05.